The molecule has 0 aromatic heterocycles. The van der Waals surface area contributed by atoms with Gasteiger partial charge in [0.25, 0.3) is 0 Å². The molecule has 0 heterocycles. The van der Waals surface area contributed by atoms with Crippen molar-refractivity contribution in [3.63, 3.8) is 0 Å². The molecule has 0 saturated heterocycles. The monoisotopic (exact) mass is 221 g/mol. The third-order valence-corrected chi connectivity index (χ3v) is 2.76. The van der Waals surface area contributed by atoms with E-state index < -0.39 is 0 Å². The molecular formula is C14H23NO. The van der Waals surface area contributed by atoms with Crippen molar-refractivity contribution in [2.45, 2.75) is 27.7 Å². The summed E-state index contributed by atoms with van der Waals surface area (Å²) in [6.45, 7) is 10.3. The van der Waals surface area contributed by atoms with Gasteiger partial charge in [-0.2, -0.15) is 0 Å². The van der Waals surface area contributed by atoms with Crippen LogP contribution in [0.5, 0.6) is 5.75 Å². The van der Waals surface area contributed by atoms with Crippen molar-refractivity contribution in [1.82, 2.24) is 5.32 Å². The molecular weight excluding hydrogens is 198 g/mol. The summed E-state index contributed by atoms with van der Waals surface area (Å²) in [5.74, 6) is 0.965. The van der Waals surface area contributed by atoms with Crippen molar-refractivity contribution in [3.05, 3.63) is 29.3 Å². The Labute approximate surface area is 99.0 Å². The first kappa shape index (κ1) is 13.0. The number of ether oxygens (including phenoxy) is 1. The molecule has 0 aliphatic heterocycles. The third kappa shape index (κ3) is 3.86. The smallest absolute Gasteiger partial charge is 0.119 e. The highest BCUT2D eigenvalue weighted by atomic mass is 16.5. The molecule has 0 radical (unpaired) electrons. The maximum absolute atomic E-state index is 5.82. The van der Waals surface area contributed by atoms with Crippen LogP contribution in [-0.4, -0.2) is 20.2 Å². The highest BCUT2D eigenvalue weighted by molar-refractivity contribution is 5.33. The van der Waals surface area contributed by atoms with Crippen LogP contribution in [-0.2, 0) is 0 Å². The third-order valence-electron chi connectivity index (χ3n) is 2.76. The molecule has 0 saturated carbocycles. The van der Waals surface area contributed by atoms with Gasteiger partial charge < -0.3 is 10.1 Å². The number of rotatable bonds is 5. The highest BCUT2D eigenvalue weighted by Gasteiger charge is 2.17. The average Bonchev–Trinajstić information content (AvgIpc) is 2.20. The van der Waals surface area contributed by atoms with Crippen LogP contribution in [0.2, 0.25) is 0 Å². The van der Waals surface area contributed by atoms with E-state index in [0.29, 0.717) is 0 Å². The lowest BCUT2D eigenvalue weighted by molar-refractivity contribution is 0.179. The Morgan fingerprint density at radius 2 is 1.88 bits per heavy atom. The van der Waals surface area contributed by atoms with E-state index in [0.717, 1.165) is 18.9 Å². The van der Waals surface area contributed by atoms with E-state index >= 15 is 0 Å². The van der Waals surface area contributed by atoms with Crippen LogP contribution in [0.4, 0.5) is 0 Å². The van der Waals surface area contributed by atoms with Crippen LogP contribution in [0.25, 0.3) is 0 Å². The summed E-state index contributed by atoms with van der Waals surface area (Å²) in [7, 11) is 1.97. The summed E-state index contributed by atoms with van der Waals surface area (Å²) >= 11 is 0. The second-order valence-electron chi connectivity index (χ2n) is 5.23. The molecule has 1 rings (SSSR count). The van der Waals surface area contributed by atoms with Crippen molar-refractivity contribution in [2.75, 3.05) is 20.2 Å². The zero-order chi connectivity index (χ0) is 12.2. The molecule has 1 N–H and O–H groups in total. The summed E-state index contributed by atoms with van der Waals surface area (Å²) < 4.78 is 5.82. The van der Waals surface area contributed by atoms with Crippen LogP contribution >= 0.6 is 0 Å². The molecule has 0 spiro atoms. The lowest BCUT2D eigenvalue weighted by Crippen LogP contribution is -2.32. The second-order valence-corrected chi connectivity index (χ2v) is 5.23. The minimum Gasteiger partial charge on any atom is -0.493 e. The number of hydrogen-bond donors (Lipinski definition) is 1. The Morgan fingerprint density at radius 3 is 2.44 bits per heavy atom. The number of benzene rings is 1. The Bertz CT molecular complexity index is 345. The van der Waals surface area contributed by atoms with Crippen LogP contribution in [0.3, 0.4) is 0 Å². The van der Waals surface area contributed by atoms with E-state index in [1.54, 1.807) is 0 Å². The van der Waals surface area contributed by atoms with Crippen molar-refractivity contribution in [1.29, 1.82) is 0 Å². The van der Waals surface area contributed by atoms with Crippen LogP contribution < -0.4 is 10.1 Å². The summed E-state index contributed by atoms with van der Waals surface area (Å²) in [5, 5.41) is 3.18. The highest BCUT2D eigenvalue weighted by Crippen LogP contribution is 2.20. The van der Waals surface area contributed by atoms with Gasteiger partial charge in [-0.3, -0.25) is 0 Å². The van der Waals surface area contributed by atoms with E-state index in [4.69, 9.17) is 4.74 Å². The quantitative estimate of drug-likeness (QED) is 0.825. The van der Waals surface area contributed by atoms with Gasteiger partial charge in [0.15, 0.2) is 0 Å². The van der Waals surface area contributed by atoms with Crippen LogP contribution in [0, 0.1) is 19.3 Å². The van der Waals surface area contributed by atoms with Gasteiger partial charge in [-0.25, -0.2) is 0 Å². The van der Waals surface area contributed by atoms with Crippen molar-refractivity contribution in [2.24, 2.45) is 5.41 Å². The number of aryl methyl sites for hydroxylation is 2. The first-order chi connectivity index (χ1) is 7.44. The Balaban J connectivity index is 2.57. The fourth-order valence-electron chi connectivity index (χ4n) is 1.61. The first-order valence-corrected chi connectivity index (χ1v) is 5.79. The molecule has 1 aromatic rings. The molecule has 16 heavy (non-hydrogen) atoms. The van der Waals surface area contributed by atoms with Gasteiger partial charge in [0, 0.05) is 12.0 Å². The number of nitrogens with one attached hydrogen (secondary N) is 1. The van der Waals surface area contributed by atoms with Gasteiger partial charge >= 0.3 is 0 Å². The molecule has 0 aliphatic rings. The van der Waals surface area contributed by atoms with Crippen molar-refractivity contribution in [3.8, 4) is 5.75 Å². The second kappa shape index (κ2) is 5.35. The molecule has 0 amide bonds. The van der Waals surface area contributed by atoms with Gasteiger partial charge in [0.1, 0.15) is 5.75 Å². The van der Waals surface area contributed by atoms with Crippen molar-refractivity contribution < 1.29 is 4.74 Å². The Kier molecular flexibility index (Phi) is 4.36. The fourth-order valence-corrected chi connectivity index (χ4v) is 1.61. The lowest BCUT2D eigenvalue weighted by Gasteiger charge is -2.24. The molecule has 1 aromatic carbocycles. The van der Waals surface area contributed by atoms with E-state index in [1.807, 2.05) is 13.1 Å². The van der Waals surface area contributed by atoms with Crippen LogP contribution in [0.1, 0.15) is 25.0 Å². The van der Waals surface area contributed by atoms with E-state index in [9.17, 15) is 0 Å². The lowest BCUT2D eigenvalue weighted by atomic mass is 9.95. The van der Waals surface area contributed by atoms with Crippen LogP contribution in [0.15, 0.2) is 18.2 Å². The van der Waals surface area contributed by atoms with Gasteiger partial charge in [-0.15, -0.1) is 0 Å². The Morgan fingerprint density at radius 1 is 1.19 bits per heavy atom. The van der Waals surface area contributed by atoms with E-state index in [2.05, 4.69) is 45.1 Å². The predicted octanol–water partition coefficient (Wildman–Crippen LogP) is 2.93. The van der Waals surface area contributed by atoms with Gasteiger partial charge in [0.05, 0.1) is 6.61 Å². The molecule has 0 atom stereocenters. The normalized spacial score (nSPS) is 11.6. The van der Waals surface area contributed by atoms with E-state index in [-0.39, 0.29) is 5.41 Å². The topological polar surface area (TPSA) is 21.3 Å². The summed E-state index contributed by atoms with van der Waals surface area (Å²) in [6, 6.07) is 6.25. The fraction of sp³-hybridized carbons (Fsp3) is 0.571. The molecule has 0 unspecified atom stereocenters. The zero-order valence-corrected chi connectivity index (χ0v) is 11.1. The Hall–Kier alpha value is -1.02. The molecule has 0 bridgehead atoms. The zero-order valence-electron chi connectivity index (χ0n) is 11.1. The van der Waals surface area contributed by atoms with Gasteiger partial charge in [-0.1, -0.05) is 19.9 Å². The SMILES string of the molecule is CNCC(C)(C)COc1ccc(C)c(C)c1. The minimum atomic E-state index is 0.160. The molecule has 0 fully saturated rings. The molecule has 90 valence electrons. The first-order valence-electron chi connectivity index (χ1n) is 5.79. The summed E-state index contributed by atoms with van der Waals surface area (Å²) in [6.07, 6.45) is 0. The van der Waals surface area contributed by atoms with Gasteiger partial charge in [0.2, 0.25) is 0 Å². The standard InChI is InChI=1S/C14H23NO/c1-11-6-7-13(8-12(11)2)16-10-14(3,4)9-15-5/h6-8,15H,9-10H2,1-5H3. The summed E-state index contributed by atoms with van der Waals surface area (Å²) in [4.78, 5) is 0. The largest absolute Gasteiger partial charge is 0.493 e. The molecule has 0 aliphatic carbocycles. The van der Waals surface area contributed by atoms with Gasteiger partial charge in [-0.05, 0) is 44.2 Å². The van der Waals surface area contributed by atoms with Crippen molar-refractivity contribution >= 4 is 0 Å². The maximum Gasteiger partial charge on any atom is 0.119 e. The summed E-state index contributed by atoms with van der Waals surface area (Å²) in [5.41, 5.74) is 2.75. The van der Waals surface area contributed by atoms with E-state index in [1.165, 1.54) is 11.1 Å². The minimum absolute atomic E-state index is 0.160. The predicted molar refractivity (Wildman–Crippen MR) is 69.1 cm³/mol. The maximum atomic E-state index is 5.82. The molecule has 2 nitrogen and oxygen atoms in total. The average molecular weight is 221 g/mol. The molecule has 2 heteroatoms. The number of hydrogen-bond acceptors (Lipinski definition) is 2.